The number of carbonyl (C=O) groups excluding carboxylic acids is 1. The van der Waals surface area contributed by atoms with Crippen molar-refractivity contribution in [2.45, 2.75) is 25.4 Å². The van der Waals surface area contributed by atoms with Crippen LogP contribution in [0.25, 0.3) is 0 Å². The third-order valence-electron chi connectivity index (χ3n) is 3.30. The summed E-state index contributed by atoms with van der Waals surface area (Å²) in [6.07, 6.45) is 4.03. The Morgan fingerprint density at radius 2 is 2.11 bits per heavy atom. The number of hydrogen-bond donors (Lipinski definition) is 1. The predicted octanol–water partition coefficient (Wildman–Crippen LogP) is 1.92. The number of piperidine rings is 1. The van der Waals surface area contributed by atoms with Gasteiger partial charge in [0.1, 0.15) is 0 Å². The van der Waals surface area contributed by atoms with E-state index in [1.807, 2.05) is 36.8 Å². The summed E-state index contributed by atoms with van der Waals surface area (Å²) in [4.78, 5) is 14.1. The summed E-state index contributed by atoms with van der Waals surface area (Å²) >= 11 is 0. The molecule has 1 heterocycles. The smallest absolute Gasteiger partial charge is 0.162 e. The lowest BCUT2D eigenvalue weighted by atomic mass is 10.1. The molecule has 0 amide bonds. The maximum absolute atomic E-state index is 11.9. The van der Waals surface area contributed by atoms with E-state index in [4.69, 9.17) is 0 Å². The summed E-state index contributed by atoms with van der Waals surface area (Å²) in [5.74, 6) is 0.208. The first-order chi connectivity index (χ1) is 8.75. The first-order valence-electron chi connectivity index (χ1n) is 6.58. The van der Waals surface area contributed by atoms with E-state index in [0.29, 0.717) is 13.0 Å². The third kappa shape index (κ3) is 3.93. The predicted molar refractivity (Wildman–Crippen MR) is 71.4 cm³/mol. The van der Waals surface area contributed by atoms with Crippen LogP contribution < -0.4 is 0 Å². The Morgan fingerprint density at radius 3 is 2.83 bits per heavy atom. The van der Waals surface area contributed by atoms with E-state index in [1.54, 1.807) is 0 Å². The zero-order valence-electron chi connectivity index (χ0n) is 10.6. The van der Waals surface area contributed by atoms with Gasteiger partial charge in [0.25, 0.3) is 0 Å². The van der Waals surface area contributed by atoms with E-state index >= 15 is 0 Å². The van der Waals surface area contributed by atoms with Crippen LogP contribution in [-0.2, 0) is 0 Å². The zero-order valence-corrected chi connectivity index (χ0v) is 10.6. The van der Waals surface area contributed by atoms with E-state index in [2.05, 4.69) is 4.90 Å². The minimum atomic E-state index is -0.302. The first kappa shape index (κ1) is 13.2. The maximum Gasteiger partial charge on any atom is 0.162 e. The van der Waals surface area contributed by atoms with Gasteiger partial charge in [-0.15, -0.1) is 0 Å². The van der Waals surface area contributed by atoms with Crippen molar-refractivity contribution in [3.8, 4) is 0 Å². The molecule has 1 N–H and O–H groups in total. The number of Topliss-reactive ketones (excluding diaryl/α,β-unsaturated/α-hetero) is 1. The number of β-amino-alcohol motifs (C(OH)–C–C–N with tert-alkyl or cyclic N) is 1. The van der Waals surface area contributed by atoms with E-state index in [1.165, 1.54) is 0 Å². The normalized spacial score (nSPS) is 20.8. The van der Waals surface area contributed by atoms with Gasteiger partial charge in [0.05, 0.1) is 6.10 Å². The maximum atomic E-state index is 11.9. The van der Waals surface area contributed by atoms with Crippen LogP contribution in [0.3, 0.4) is 0 Å². The molecule has 3 nitrogen and oxygen atoms in total. The van der Waals surface area contributed by atoms with Crippen LogP contribution in [-0.4, -0.2) is 41.5 Å². The second-order valence-electron chi connectivity index (χ2n) is 4.79. The van der Waals surface area contributed by atoms with Crippen LogP contribution in [0.1, 0.15) is 29.6 Å². The molecule has 1 saturated heterocycles. The summed E-state index contributed by atoms with van der Waals surface area (Å²) < 4.78 is 0. The number of nitrogens with zero attached hydrogens (tertiary/aromatic N) is 1. The van der Waals surface area contributed by atoms with Gasteiger partial charge in [-0.3, -0.25) is 4.79 Å². The quantitative estimate of drug-likeness (QED) is 0.807. The van der Waals surface area contributed by atoms with Crippen molar-refractivity contribution in [3.05, 3.63) is 42.3 Å². The van der Waals surface area contributed by atoms with Crippen LogP contribution in [0.15, 0.2) is 30.3 Å². The number of carbonyl (C=O) groups is 1. The SMILES string of the molecule is O=C(CCCN1CC[CH]C(O)C1)c1ccccc1. The molecule has 0 saturated carbocycles. The standard InChI is InChI=1S/C15H20NO2/c17-14-8-4-10-16(12-14)11-5-9-15(18)13-6-2-1-3-7-13/h1-3,6-8,14,17H,4-5,9-12H2. The minimum absolute atomic E-state index is 0.208. The minimum Gasteiger partial charge on any atom is -0.391 e. The molecule has 3 heteroatoms. The molecule has 0 aromatic heterocycles. The molecule has 1 aromatic carbocycles. The molecule has 0 bridgehead atoms. The lowest BCUT2D eigenvalue weighted by Gasteiger charge is -2.29. The fourth-order valence-electron chi connectivity index (χ4n) is 2.31. The van der Waals surface area contributed by atoms with Crippen molar-refractivity contribution in [2.75, 3.05) is 19.6 Å². The molecule has 0 aliphatic carbocycles. The van der Waals surface area contributed by atoms with E-state index in [9.17, 15) is 9.90 Å². The zero-order chi connectivity index (χ0) is 12.8. The van der Waals surface area contributed by atoms with Crippen LogP contribution in [0.2, 0.25) is 0 Å². The molecule has 97 valence electrons. The molecule has 18 heavy (non-hydrogen) atoms. The molecule has 1 atom stereocenters. The van der Waals surface area contributed by atoms with Gasteiger partial charge in [-0.05, 0) is 32.4 Å². The van der Waals surface area contributed by atoms with Gasteiger partial charge < -0.3 is 10.0 Å². The largest absolute Gasteiger partial charge is 0.391 e. The topological polar surface area (TPSA) is 40.5 Å². The molecule has 1 radical (unpaired) electrons. The number of aliphatic hydroxyl groups is 1. The van der Waals surface area contributed by atoms with Gasteiger partial charge >= 0.3 is 0 Å². The highest BCUT2D eigenvalue weighted by molar-refractivity contribution is 5.95. The molecule has 1 fully saturated rings. The van der Waals surface area contributed by atoms with Crippen molar-refractivity contribution in [3.63, 3.8) is 0 Å². The summed E-state index contributed by atoms with van der Waals surface area (Å²) in [6, 6.07) is 9.43. The fourth-order valence-corrected chi connectivity index (χ4v) is 2.31. The highest BCUT2D eigenvalue weighted by Gasteiger charge is 2.17. The number of aliphatic hydroxyl groups excluding tert-OH is 1. The van der Waals surface area contributed by atoms with Crippen molar-refractivity contribution in [2.24, 2.45) is 0 Å². The number of hydrogen-bond acceptors (Lipinski definition) is 3. The number of rotatable bonds is 5. The van der Waals surface area contributed by atoms with Crippen LogP contribution >= 0.6 is 0 Å². The van der Waals surface area contributed by atoms with Gasteiger partial charge in [0.15, 0.2) is 5.78 Å². The van der Waals surface area contributed by atoms with Crippen LogP contribution in [0.5, 0.6) is 0 Å². The monoisotopic (exact) mass is 246 g/mol. The second kappa shape index (κ2) is 6.66. The Labute approximate surface area is 108 Å². The van der Waals surface area contributed by atoms with Gasteiger partial charge in [-0.2, -0.15) is 0 Å². The average molecular weight is 246 g/mol. The molecule has 2 rings (SSSR count). The Hall–Kier alpha value is -1.19. The summed E-state index contributed by atoms with van der Waals surface area (Å²) in [5, 5.41) is 9.50. The first-order valence-corrected chi connectivity index (χ1v) is 6.58. The van der Waals surface area contributed by atoms with E-state index in [0.717, 1.165) is 31.5 Å². The summed E-state index contributed by atoms with van der Waals surface area (Å²) in [5.41, 5.74) is 0.796. The number of likely N-dealkylation sites (tertiary alicyclic amines) is 1. The molecular formula is C15H20NO2. The molecule has 1 aliphatic rings. The summed E-state index contributed by atoms with van der Waals surface area (Å²) in [7, 11) is 0. The van der Waals surface area contributed by atoms with E-state index in [-0.39, 0.29) is 11.9 Å². The molecule has 1 aliphatic heterocycles. The van der Waals surface area contributed by atoms with Crippen molar-refractivity contribution < 1.29 is 9.90 Å². The molecular weight excluding hydrogens is 226 g/mol. The fraction of sp³-hybridized carbons (Fsp3) is 0.467. The van der Waals surface area contributed by atoms with Crippen molar-refractivity contribution >= 4 is 5.78 Å². The lowest BCUT2D eigenvalue weighted by Crippen LogP contribution is -2.39. The lowest BCUT2D eigenvalue weighted by molar-refractivity contribution is 0.0943. The molecule has 1 aromatic rings. The van der Waals surface area contributed by atoms with Crippen molar-refractivity contribution in [1.29, 1.82) is 0 Å². The Balaban J connectivity index is 1.70. The second-order valence-corrected chi connectivity index (χ2v) is 4.79. The van der Waals surface area contributed by atoms with Crippen molar-refractivity contribution in [1.82, 2.24) is 4.90 Å². The van der Waals surface area contributed by atoms with Crippen LogP contribution in [0.4, 0.5) is 0 Å². The number of ketones is 1. The van der Waals surface area contributed by atoms with Gasteiger partial charge in [0, 0.05) is 18.5 Å². The molecule has 0 spiro atoms. The van der Waals surface area contributed by atoms with Gasteiger partial charge in [-0.25, -0.2) is 0 Å². The van der Waals surface area contributed by atoms with Gasteiger partial charge in [-0.1, -0.05) is 30.3 Å². The van der Waals surface area contributed by atoms with Crippen LogP contribution in [0, 0.1) is 6.42 Å². The van der Waals surface area contributed by atoms with E-state index < -0.39 is 0 Å². The number of benzene rings is 1. The Morgan fingerprint density at radius 1 is 1.33 bits per heavy atom. The Bertz CT molecular complexity index is 377. The van der Waals surface area contributed by atoms with Gasteiger partial charge in [0.2, 0.25) is 0 Å². The highest BCUT2D eigenvalue weighted by Crippen LogP contribution is 2.11. The third-order valence-corrected chi connectivity index (χ3v) is 3.30. The Kier molecular flexibility index (Phi) is 4.90. The molecule has 1 unspecified atom stereocenters. The average Bonchev–Trinajstić information content (AvgIpc) is 2.40. The summed E-state index contributed by atoms with van der Waals surface area (Å²) in [6.45, 7) is 2.60. The highest BCUT2D eigenvalue weighted by atomic mass is 16.3.